The monoisotopic (exact) mass is 285 g/mol. The number of benzene rings is 1. The minimum Gasteiger partial charge on any atom is -0.439 e. The lowest BCUT2D eigenvalue weighted by Crippen LogP contribution is -2.11. The Balaban J connectivity index is 2.21. The highest BCUT2D eigenvalue weighted by molar-refractivity contribution is 7.89. The van der Waals surface area contributed by atoms with Gasteiger partial charge in [0.1, 0.15) is 17.2 Å². The third kappa shape index (κ3) is 3.16. The topological polar surface area (TPSA) is 95.2 Å². The highest BCUT2D eigenvalue weighted by Gasteiger charge is 2.07. The smallest absolute Gasteiger partial charge is 0.238 e. The minimum atomic E-state index is -3.70. The Hall–Kier alpha value is -1.70. The molecule has 6 nitrogen and oxygen atoms in total. The number of primary sulfonamides is 1. The summed E-state index contributed by atoms with van der Waals surface area (Å²) in [5.41, 5.74) is 0. The van der Waals surface area contributed by atoms with Crippen LogP contribution in [0.2, 0.25) is 5.15 Å². The average molecular weight is 286 g/mol. The van der Waals surface area contributed by atoms with Crippen molar-refractivity contribution in [1.29, 1.82) is 0 Å². The first-order chi connectivity index (χ1) is 8.45. The molecule has 0 radical (unpaired) electrons. The van der Waals surface area contributed by atoms with E-state index in [9.17, 15) is 8.42 Å². The molecule has 18 heavy (non-hydrogen) atoms. The van der Waals surface area contributed by atoms with Crippen molar-refractivity contribution in [3.8, 4) is 11.6 Å². The SMILES string of the molecule is NS(=O)(=O)c1ccc(Oc2cc(Cl)ncn2)cc1. The van der Waals surface area contributed by atoms with Gasteiger partial charge >= 0.3 is 0 Å². The van der Waals surface area contributed by atoms with Gasteiger partial charge in [-0.1, -0.05) is 11.6 Å². The Morgan fingerprint density at radius 3 is 2.39 bits per heavy atom. The lowest BCUT2D eigenvalue weighted by atomic mass is 10.3. The van der Waals surface area contributed by atoms with E-state index in [1.165, 1.54) is 36.7 Å². The summed E-state index contributed by atoms with van der Waals surface area (Å²) in [6, 6.07) is 7.06. The number of aromatic nitrogens is 2. The van der Waals surface area contributed by atoms with Crippen molar-refractivity contribution in [1.82, 2.24) is 9.97 Å². The van der Waals surface area contributed by atoms with Crippen LogP contribution in [0.1, 0.15) is 0 Å². The molecule has 0 aliphatic rings. The van der Waals surface area contributed by atoms with Crippen LogP contribution in [0.3, 0.4) is 0 Å². The quantitative estimate of drug-likeness (QED) is 0.864. The summed E-state index contributed by atoms with van der Waals surface area (Å²) in [5.74, 6) is 0.676. The van der Waals surface area contributed by atoms with E-state index in [1.807, 2.05) is 0 Å². The summed E-state index contributed by atoms with van der Waals surface area (Å²) in [6.45, 7) is 0. The van der Waals surface area contributed by atoms with Crippen LogP contribution in [0.25, 0.3) is 0 Å². The molecular formula is C10H8ClN3O3S. The molecule has 0 saturated heterocycles. The number of ether oxygens (including phenoxy) is 1. The lowest BCUT2D eigenvalue weighted by molar-refractivity contribution is 0.461. The number of nitrogens with two attached hydrogens (primary N) is 1. The maximum Gasteiger partial charge on any atom is 0.238 e. The molecule has 1 aromatic heterocycles. The molecule has 0 spiro atoms. The number of hydrogen-bond acceptors (Lipinski definition) is 5. The molecule has 0 amide bonds. The maximum atomic E-state index is 11.0. The zero-order valence-corrected chi connectivity index (χ0v) is 10.5. The van der Waals surface area contributed by atoms with Gasteiger partial charge in [-0.3, -0.25) is 0 Å². The molecule has 94 valence electrons. The van der Waals surface area contributed by atoms with Crippen molar-refractivity contribution < 1.29 is 13.2 Å². The first kappa shape index (κ1) is 12.7. The molecule has 0 aliphatic carbocycles. The molecule has 0 bridgehead atoms. The summed E-state index contributed by atoms with van der Waals surface area (Å²) in [4.78, 5) is 7.56. The molecule has 2 N–H and O–H groups in total. The second-order valence-electron chi connectivity index (χ2n) is 3.30. The van der Waals surface area contributed by atoms with Gasteiger partial charge in [0.25, 0.3) is 0 Å². The average Bonchev–Trinajstić information content (AvgIpc) is 2.28. The predicted molar refractivity (Wildman–Crippen MR) is 64.9 cm³/mol. The van der Waals surface area contributed by atoms with Gasteiger partial charge in [-0.15, -0.1) is 0 Å². The van der Waals surface area contributed by atoms with Gasteiger partial charge in [-0.2, -0.15) is 0 Å². The fraction of sp³-hybridized carbons (Fsp3) is 0. The third-order valence-electron chi connectivity index (χ3n) is 1.98. The highest BCUT2D eigenvalue weighted by atomic mass is 35.5. The van der Waals surface area contributed by atoms with E-state index in [0.29, 0.717) is 5.75 Å². The van der Waals surface area contributed by atoms with Crippen LogP contribution in [0, 0.1) is 0 Å². The van der Waals surface area contributed by atoms with Crippen LogP contribution in [0.5, 0.6) is 11.6 Å². The summed E-state index contributed by atoms with van der Waals surface area (Å²) < 4.78 is 27.4. The molecule has 1 heterocycles. The molecule has 2 aromatic rings. The molecule has 8 heteroatoms. The largest absolute Gasteiger partial charge is 0.439 e. The summed E-state index contributed by atoms with van der Waals surface area (Å²) in [5, 5.41) is 5.22. The van der Waals surface area contributed by atoms with Crippen molar-refractivity contribution >= 4 is 21.6 Å². The maximum absolute atomic E-state index is 11.0. The molecule has 0 aliphatic heterocycles. The van der Waals surface area contributed by atoms with Crippen LogP contribution in [0.4, 0.5) is 0 Å². The summed E-state index contributed by atoms with van der Waals surface area (Å²) in [7, 11) is -3.70. The summed E-state index contributed by atoms with van der Waals surface area (Å²) >= 11 is 5.67. The number of nitrogens with zero attached hydrogens (tertiary/aromatic N) is 2. The zero-order valence-electron chi connectivity index (χ0n) is 8.95. The van der Waals surface area contributed by atoms with Gasteiger partial charge in [-0.25, -0.2) is 23.5 Å². The number of hydrogen-bond donors (Lipinski definition) is 1. The van der Waals surface area contributed by atoms with Crippen LogP contribution in [-0.2, 0) is 10.0 Å². The first-order valence-electron chi connectivity index (χ1n) is 4.73. The number of rotatable bonds is 3. The normalized spacial score (nSPS) is 11.2. The van der Waals surface area contributed by atoms with E-state index in [2.05, 4.69) is 9.97 Å². The Bertz CT molecular complexity index is 658. The predicted octanol–water partition coefficient (Wildman–Crippen LogP) is 1.57. The number of sulfonamides is 1. The van der Waals surface area contributed by atoms with E-state index in [1.54, 1.807) is 0 Å². The Morgan fingerprint density at radius 2 is 1.83 bits per heavy atom. The van der Waals surface area contributed by atoms with Gasteiger partial charge < -0.3 is 4.74 Å². The van der Waals surface area contributed by atoms with Gasteiger partial charge in [0.05, 0.1) is 4.90 Å². The van der Waals surface area contributed by atoms with Gasteiger partial charge in [-0.05, 0) is 24.3 Å². The third-order valence-corrected chi connectivity index (χ3v) is 3.12. The van der Waals surface area contributed by atoms with E-state index >= 15 is 0 Å². The molecule has 0 fully saturated rings. The van der Waals surface area contributed by atoms with Crippen LogP contribution >= 0.6 is 11.6 Å². The second-order valence-corrected chi connectivity index (χ2v) is 5.25. The molecular weight excluding hydrogens is 278 g/mol. The van der Waals surface area contributed by atoms with Crippen molar-refractivity contribution in [2.75, 3.05) is 0 Å². The Morgan fingerprint density at radius 1 is 1.17 bits per heavy atom. The van der Waals surface area contributed by atoms with Crippen molar-refractivity contribution in [2.45, 2.75) is 4.90 Å². The van der Waals surface area contributed by atoms with Crippen LogP contribution in [0.15, 0.2) is 41.6 Å². The standard InChI is InChI=1S/C10H8ClN3O3S/c11-9-5-10(14-6-13-9)17-7-1-3-8(4-2-7)18(12,15)16/h1-6H,(H2,12,15,16). The fourth-order valence-corrected chi connectivity index (χ4v) is 1.84. The Labute approximate surface area is 108 Å². The van der Waals surface area contributed by atoms with Gasteiger partial charge in [0.15, 0.2) is 0 Å². The van der Waals surface area contributed by atoms with E-state index in [0.717, 1.165) is 0 Å². The lowest BCUT2D eigenvalue weighted by Gasteiger charge is -2.05. The van der Waals surface area contributed by atoms with Crippen molar-refractivity contribution in [3.63, 3.8) is 0 Å². The van der Waals surface area contributed by atoms with Crippen LogP contribution < -0.4 is 9.88 Å². The van der Waals surface area contributed by atoms with E-state index < -0.39 is 10.0 Å². The molecule has 0 atom stereocenters. The van der Waals surface area contributed by atoms with Gasteiger partial charge in [0, 0.05) is 6.07 Å². The van der Waals surface area contributed by atoms with Gasteiger partial charge in [0.2, 0.25) is 15.9 Å². The summed E-state index contributed by atoms with van der Waals surface area (Å²) in [6.07, 6.45) is 1.26. The molecule has 0 saturated carbocycles. The zero-order chi connectivity index (χ0) is 13.2. The fourth-order valence-electron chi connectivity index (χ4n) is 1.19. The number of halogens is 1. The van der Waals surface area contributed by atoms with Crippen molar-refractivity contribution in [3.05, 3.63) is 41.8 Å². The van der Waals surface area contributed by atoms with Crippen LogP contribution in [-0.4, -0.2) is 18.4 Å². The molecule has 0 unspecified atom stereocenters. The molecule has 2 rings (SSSR count). The molecule has 1 aromatic carbocycles. The first-order valence-corrected chi connectivity index (χ1v) is 6.66. The second kappa shape index (κ2) is 4.89. The highest BCUT2D eigenvalue weighted by Crippen LogP contribution is 2.21. The van der Waals surface area contributed by atoms with E-state index in [-0.39, 0.29) is 15.9 Å². The van der Waals surface area contributed by atoms with E-state index in [4.69, 9.17) is 21.5 Å². The van der Waals surface area contributed by atoms with Crippen molar-refractivity contribution in [2.24, 2.45) is 5.14 Å². The Kier molecular flexibility index (Phi) is 3.46. The minimum absolute atomic E-state index is 0.00979.